The molecule has 7 heteroatoms. The fourth-order valence-corrected chi connectivity index (χ4v) is 3.62. The molecule has 2 atom stereocenters. The predicted octanol–water partition coefficient (Wildman–Crippen LogP) is 2.13. The Balaban J connectivity index is 1.40. The van der Waals surface area contributed by atoms with Gasteiger partial charge in [0.05, 0.1) is 40.6 Å². The number of fused-ring (bicyclic) bond motifs is 1. The summed E-state index contributed by atoms with van der Waals surface area (Å²) in [6, 6.07) is 7.78. The summed E-state index contributed by atoms with van der Waals surface area (Å²) in [5.74, 6) is 0.714. The van der Waals surface area contributed by atoms with Gasteiger partial charge in [0.15, 0.2) is 0 Å². The molecule has 4 rings (SSSR count). The Hall–Kier alpha value is -2.09. The molecule has 124 valence electrons. The predicted molar refractivity (Wildman–Crippen MR) is 95.0 cm³/mol. The molecule has 1 aliphatic heterocycles. The number of likely N-dealkylation sites (tertiary alicyclic amines) is 1. The van der Waals surface area contributed by atoms with E-state index in [1.165, 1.54) is 0 Å². The van der Waals surface area contributed by atoms with E-state index in [4.69, 9.17) is 0 Å². The van der Waals surface area contributed by atoms with Crippen molar-refractivity contribution in [3.05, 3.63) is 47.0 Å². The molecule has 1 fully saturated rings. The Kier molecular flexibility index (Phi) is 4.38. The number of hydrogen-bond donors (Lipinski definition) is 2. The summed E-state index contributed by atoms with van der Waals surface area (Å²) in [5, 5.41) is 15.9. The number of nitrogens with zero attached hydrogens (tertiary/aromatic N) is 4. The van der Waals surface area contributed by atoms with Crippen LogP contribution in [0.15, 0.2) is 41.4 Å². The molecule has 0 radical (unpaired) electrons. The standard InChI is InChI=1S/C17H19N5OS/c23-16-9-22(8-12-10-24-11-19-12)6-5-15(16)21-17-7-18-13-3-1-2-4-14(13)20-17/h1-4,7,10-11,15-16,23H,5-6,8-9H2,(H,20,21)/t15-,16-/m1/s1. The maximum Gasteiger partial charge on any atom is 0.145 e. The van der Waals surface area contributed by atoms with Gasteiger partial charge >= 0.3 is 0 Å². The lowest BCUT2D eigenvalue weighted by Crippen LogP contribution is -2.49. The van der Waals surface area contributed by atoms with E-state index in [0.29, 0.717) is 12.4 Å². The SMILES string of the molecule is O[C@@H]1CN(Cc2cscn2)CC[C@H]1Nc1cnc2ccccc2n1. The third-order valence-electron chi connectivity index (χ3n) is 4.32. The van der Waals surface area contributed by atoms with E-state index in [0.717, 1.165) is 36.2 Å². The van der Waals surface area contributed by atoms with Gasteiger partial charge in [-0.3, -0.25) is 9.88 Å². The maximum atomic E-state index is 10.5. The fourth-order valence-electron chi connectivity index (χ4n) is 3.07. The Morgan fingerprint density at radius 2 is 2.12 bits per heavy atom. The molecule has 0 aliphatic carbocycles. The first-order chi connectivity index (χ1) is 11.8. The number of benzene rings is 1. The molecule has 3 aromatic rings. The van der Waals surface area contributed by atoms with Crippen molar-refractivity contribution in [2.75, 3.05) is 18.4 Å². The second-order valence-corrected chi connectivity index (χ2v) is 6.78. The van der Waals surface area contributed by atoms with Crippen LogP contribution in [0.4, 0.5) is 5.82 Å². The highest BCUT2D eigenvalue weighted by molar-refractivity contribution is 7.07. The number of β-amino-alcohol motifs (C(OH)–C–C–N with tert-alkyl or cyclic N) is 1. The molecule has 1 aromatic carbocycles. The average Bonchev–Trinajstić information content (AvgIpc) is 3.10. The van der Waals surface area contributed by atoms with Crippen LogP contribution in [0.5, 0.6) is 0 Å². The molecule has 1 saturated heterocycles. The van der Waals surface area contributed by atoms with E-state index in [9.17, 15) is 5.11 Å². The molecule has 0 unspecified atom stereocenters. The van der Waals surface area contributed by atoms with E-state index in [1.807, 2.05) is 29.8 Å². The van der Waals surface area contributed by atoms with Gasteiger partial charge in [-0.1, -0.05) is 12.1 Å². The van der Waals surface area contributed by atoms with E-state index in [-0.39, 0.29) is 6.04 Å². The van der Waals surface area contributed by atoms with E-state index in [2.05, 4.69) is 30.5 Å². The van der Waals surface area contributed by atoms with Crippen molar-refractivity contribution in [1.29, 1.82) is 0 Å². The van der Waals surface area contributed by atoms with E-state index < -0.39 is 6.10 Å². The lowest BCUT2D eigenvalue weighted by atomic mass is 10.0. The van der Waals surface area contributed by atoms with Crippen molar-refractivity contribution in [2.45, 2.75) is 25.1 Å². The minimum Gasteiger partial charge on any atom is -0.390 e. The molecule has 2 aromatic heterocycles. The summed E-state index contributed by atoms with van der Waals surface area (Å²) < 4.78 is 0. The van der Waals surface area contributed by atoms with Crippen molar-refractivity contribution < 1.29 is 5.11 Å². The third-order valence-corrected chi connectivity index (χ3v) is 4.95. The summed E-state index contributed by atoms with van der Waals surface area (Å²) >= 11 is 1.60. The van der Waals surface area contributed by atoms with Crippen LogP contribution in [-0.2, 0) is 6.54 Å². The van der Waals surface area contributed by atoms with E-state index >= 15 is 0 Å². The molecule has 6 nitrogen and oxygen atoms in total. The normalized spacial score (nSPS) is 21.9. The summed E-state index contributed by atoms with van der Waals surface area (Å²) in [7, 11) is 0. The summed E-state index contributed by atoms with van der Waals surface area (Å²) in [6.07, 6.45) is 2.15. The van der Waals surface area contributed by atoms with Crippen LogP contribution in [0.1, 0.15) is 12.1 Å². The topological polar surface area (TPSA) is 74.2 Å². The number of piperidine rings is 1. The second-order valence-electron chi connectivity index (χ2n) is 6.07. The quantitative estimate of drug-likeness (QED) is 0.757. The van der Waals surface area contributed by atoms with Gasteiger partial charge in [0, 0.05) is 25.0 Å². The molecule has 1 aliphatic rings. The Labute approximate surface area is 144 Å². The van der Waals surface area contributed by atoms with Crippen LogP contribution in [-0.4, -0.2) is 50.2 Å². The molecule has 0 bridgehead atoms. The number of aliphatic hydroxyl groups excluding tert-OH is 1. The Morgan fingerprint density at radius 3 is 2.92 bits per heavy atom. The number of anilines is 1. The smallest absolute Gasteiger partial charge is 0.145 e. The highest BCUT2D eigenvalue weighted by atomic mass is 32.1. The monoisotopic (exact) mass is 341 g/mol. The first-order valence-corrected chi connectivity index (χ1v) is 8.98. The first kappa shape index (κ1) is 15.4. The lowest BCUT2D eigenvalue weighted by Gasteiger charge is -2.36. The largest absolute Gasteiger partial charge is 0.390 e. The molecule has 0 amide bonds. The number of rotatable bonds is 4. The molecule has 0 saturated carbocycles. The highest BCUT2D eigenvalue weighted by Crippen LogP contribution is 2.19. The zero-order valence-corrected chi connectivity index (χ0v) is 14.0. The molecule has 0 spiro atoms. The Morgan fingerprint density at radius 1 is 1.25 bits per heavy atom. The zero-order valence-electron chi connectivity index (χ0n) is 13.2. The van der Waals surface area contributed by atoms with Crippen LogP contribution < -0.4 is 5.32 Å². The van der Waals surface area contributed by atoms with Crippen LogP contribution >= 0.6 is 11.3 Å². The highest BCUT2D eigenvalue weighted by Gasteiger charge is 2.28. The average molecular weight is 341 g/mol. The van der Waals surface area contributed by atoms with Crippen LogP contribution in [0.2, 0.25) is 0 Å². The van der Waals surface area contributed by atoms with Crippen molar-refractivity contribution in [2.24, 2.45) is 0 Å². The fraction of sp³-hybridized carbons (Fsp3) is 0.353. The van der Waals surface area contributed by atoms with Gasteiger partial charge in [-0.15, -0.1) is 11.3 Å². The number of aromatic nitrogens is 3. The summed E-state index contributed by atoms with van der Waals surface area (Å²) in [6.45, 7) is 2.35. The van der Waals surface area contributed by atoms with Crippen LogP contribution in [0, 0.1) is 0 Å². The third kappa shape index (κ3) is 3.38. The van der Waals surface area contributed by atoms with Crippen LogP contribution in [0.3, 0.4) is 0 Å². The van der Waals surface area contributed by atoms with Crippen LogP contribution in [0.25, 0.3) is 11.0 Å². The first-order valence-electron chi connectivity index (χ1n) is 8.04. The second kappa shape index (κ2) is 6.80. The van der Waals surface area contributed by atoms with Gasteiger partial charge in [0.1, 0.15) is 5.82 Å². The van der Waals surface area contributed by atoms with Gasteiger partial charge in [-0.05, 0) is 18.6 Å². The minimum absolute atomic E-state index is 0.00727. The number of para-hydroxylation sites is 2. The van der Waals surface area contributed by atoms with Crippen molar-refractivity contribution in [3.8, 4) is 0 Å². The van der Waals surface area contributed by atoms with Crippen molar-refractivity contribution in [1.82, 2.24) is 19.9 Å². The van der Waals surface area contributed by atoms with Gasteiger partial charge in [0.25, 0.3) is 0 Å². The maximum absolute atomic E-state index is 10.5. The van der Waals surface area contributed by atoms with Crippen molar-refractivity contribution >= 4 is 28.2 Å². The molecule has 3 heterocycles. The summed E-state index contributed by atoms with van der Waals surface area (Å²) in [5.41, 5.74) is 4.65. The van der Waals surface area contributed by atoms with Crippen molar-refractivity contribution in [3.63, 3.8) is 0 Å². The van der Waals surface area contributed by atoms with Gasteiger partial charge in [0.2, 0.25) is 0 Å². The molecule has 24 heavy (non-hydrogen) atoms. The van der Waals surface area contributed by atoms with Gasteiger partial charge in [-0.2, -0.15) is 0 Å². The van der Waals surface area contributed by atoms with Gasteiger partial charge < -0.3 is 10.4 Å². The lowest BCUT2D eigenvalue weighted by molar-refractivity contribution is 0.0555. The molecular formula is C17H19N5OS. The van der Waals surface area contributed by atoms with E-state index in [1.54, 1.807) is 17.5 Å². The number of aliphatic hydroxyl groups is 1. The molecule has 2 N–H and O–H groups in total. The Bertz CT molecular complexity index is 810. The zero-order chi connectivity index (χ0) is 16.4. The summed E-state index contributed by atoms with van der Waals surface area (Å²) in [4.78, 5) is 15.5. The minimum atomic E-state index is -0.439. The number of thiazole rings is 1. The molecular weight excluding hydrogens is 322 g/mol. The number of nitrogens with one attached hydrogen (secondary N) is 1. The number of hydrogen-bond acceptors (Lipinski definition) is 7. The van der Waals surface area contributed by atoms with Gasteiger partial charge in [-0.25, -0.2) is 9.97 Å².